The van der Waals surface area contributed by atoms with E-state index in [1.807, 2.05) is 13.8 Å². The van der Waals surface area contributed by atoms with Crippen molar-refractivity contribution in [3.8, 4) is 11.5 Å². The molecule has 0 fully saturated rings. The molecule has 4 rings (SSSR count). The van der Waals surface area contributed by atoms with E-state index < -0.39 is 11.3 Å². The van der Waals surface area contributed by atoms with Crippen molar-refractivity contribution in [3.63, 3.8) is 0 Å². The predicted octanol–water partition coefficient (Wildman–Crippen LogP) is 3.42. The van der Waals surface area contributed by atoms with E-state index in [1.165, 1.54) is 12.3 Å². The number of anilines is 2. The maximum atomic E-state index is 12.4. The van der Waals surface area contributed by atoms with Gasteiger partial charge >= 0.3 is 0 Å². The third-order valence-electron chi connectivity index (χ3n) is 4.27. The minimum Gasteiger partial charge on any atom is -0.461 e. The van der Waals surface area contributed by atoms with Gasteiger partial charge in [-0.25, -0.2) is 0 Å². The monoisotopic (exact) mass is 337 g/mol. The highest BCUT2D eigenvalue weighted by Crippen LogP contribution is 2.38. The van der Waals surface area contributed by atoms with E-state index in [4.69, 9.17) is 8.94 Å². The normalized spacial score (nSPS) is 14.9. The van der Waals surface area contributed by atoms with Crippen LogP contribution in [-0.2, 0) is 10.2 Å². The average molecular weight is 337 g/mol. The molecule has 2 amide bonds. The molecule has 25 heavy (non-hydrogen) atoms. The van der Waals surface area contributed by atoms with Gasteiger partial charge in [0.1, 0.15) is 0 Å². The van der Waals surface area contributed by atoms with Gasteiger partial charge in [0.05, 0.1) is 11.7 Å². The van der Waals surface area contributed by atoms with Crippen LogP contribution in [0.4, 0.5) is 11.4 Å². The molecule has 1 aliphatic rings. The second-order valence-corrected chi connectivity index (χ2v) is 6.35. The molecular weight excluding hydrogens is 322 g/mol. The zero-order valence-electron chi connectivity index (χ0n) is 13.6. The minimum atomic E-state index is -0.642. The standard InChI is InChI=1S/C18H15N3O4/c1-18(2)11-8-10(5-6-12(11)20-17(18)23)19-16(22)13-9-15(25-21-13)14-4-3-7-24-14/h3-9H,1-2H3,(H,19,22)(H,20,23). The van der Waals surface area contributed by atoms with Gasteiger partial charge in [0.15, 0.2) is 11.5 Å². The number of benzene rings is 1. The zero-order chi connectivity index (χ0) is 17.6. The highest BCUT2D eigenvalue weighted by atomic mass is 16.5. The summed E-state index contributed by atoms with van der Waals surface area (Å²) in [6.45, 7) is 3.68. The Morgan fingerprint density at radius 3 is 2.80 bits per heavy atom. The Morgan fingerprint density at radius 1 is 1.20 bits per heavy atom. The second-order valence-electron chi connectivity index (χ2n) is 6.35. The number of nitrogens with one attached hydrogen (secondary N) is 2. The fraction of sp³-hybridized carbons (Fsp3) is 0.167. The van der Waals surface area contributed by atoms with Crippen LogP contribution in [0.5, 0.6) is 0 Å². The Balaban J connectivity index is 1.56. The summed E-state index contributed by atoms with van der Waals surface area (Å²) < 4.78 is 10.3. The van der Waals surface area contributed by atoms with Crippen LogP contribution in [0.1, 0.15) is 29.9 Å². The lowest BCUT2D eigenvalue weighted by Gasteiger charge is -2.15. The SMILES string of the molecule is CC1(C)C(=O)Nc2ccc(NC(=O)c3cc(-c4ccco4)on3)cc21. The van der Waals surface area contributed by atoms with Gasteiger partial charge in [-0.15, -0.1) is 0 Å². The molecule has 7 nitrogen and oxygen atoms in total. The van der Waals surface area contributed by atoms with Crippen molar-refractivity contribution in [1.29, 1.82) is 0 Å². The molecule has 7 heteroatoms. The number of furan rings is 1. The number of hydrogen-bond acceptors (Lipinski definition) is 5. The molecule has 3 aromatic rings. The van der Waals surface area contributed by atoms with Crippen molar-refractivity contribution < 1.29 is 18.5 Å². The summed E-state index contributed by atoms with van der Waals surface area (Å²) in [5.41, 5.74) is 1.67. The third kappa shape index (κ3) is 2.50. The minimum absolute atomic E-state index is 0.0643. The molecule has 2 aromatic heterocycles. The van der Waals surface area contributed by atoms with Crippen LogP contribution in [0.3, 0.4) is 0 Å². The molecule has 0 spiro atoms. The summed E-state index contributed by atoms with van der Waals surface area (Å²) in [6, 6.07) is 10.2. The van der Waals surface area contributed by atoms with E-state index >= 15 is 0 Å². The highest BCUT2D eigenvalue weighted by Gasteiger charge is 2.38. The Bertz CT molecular complexity index is 970. The van der Waals surface area contributed by atoms with Crippen LogP contribution >= 0.6 is 0 Å². The van der Waals surface area contributed by atoms with Gasteiger partial charge in [0.25, 0.3) is 5.91 Å². The van der Waals surface area contributed by atoms with E-state index in [9.17, 15) is 9.59 Å². The number of carbonyl (C=O) groups is 2. The lowest BCUT2D eigenvalue weighted by atomic mass is 9.86. The van der Waals surface area contributed by atoms with Crippen molar-refractivity contribution in [3.05, 3.63) is 53.9 Å². The number of rotatable bonds is 3. The first-order valence-electron chi connectivity index (χ1n) is 7.73. The molecule has 1 aromatic carbocycles. The average Bonchev–Trinajstić information content (AvgIpc) is 3.30. The Hall–Kier alpha value is -3.35. The molecule has 0 saturated heterocycles. The number of carbonyl (C=O) groups excluding carboxylic acids is 2. The Morgan fingerprint density at radius 2 is 2.04 bits per heavy atom. The smallest absolute Gasteiger partial charge is 0.277 e. The van der Waals surface area contributed by atoms with Gasteiger partial charge < -0.3 is 19.6 Å². The van der Waals surface area contributed by atoms with Crippen LogP contribution < -0.4 is 10.6 Å². The highest BCUT2D eigenvalue weighted by molar-refractivity contribution is 6.07. The van der Waals surface area contributed by atoms with E-state index in [2.05, 4.69) is 15.8 Å². The molecule has 2 N–H and O–H groups in total. The number of fused-ring (bicyclic) bond motifs is 1. The van der Waals surface area contributed by atoms with Crippen molar-refractivity contribution >= 4 is 23.2 Å². The molecule has 126 valence electrons. The second kappa shape index (κ2) is 5.34. The van der Waals surface area contributed by atoms with Gasteiger partial charge in [-0.1, -0.05) is 5.16 Å². The summed E-state index contributed by atoms with van der Waals surface area (Å²) in [5, 5.41) is 9.37. The van der Waals surface area contributed by atoms with Crippen LogP contribution in [0.25, 0.3) is 11.5 Å². The Labute approximate surface area is 143 Å². The number of aromatic nitrogens is 1. The molecule has 0 bridgehead atoms. The number of hydrogen-bond donors (Lipinski definition) is 2. The van der Waals surface area contributed by atoms with Gasteiger partial charge in [0.2, 0.25) is 11.7 Å². The molecule has 0 atom stereocenters. The molecular formula is C18H15N3O4. The zero-order valence-corrected chi connectivity index (χ0v) is 13.6. The van der Waals surface area contributed by atoms with E-state index in [-0.39, 0.29) is 11.6 Å². The molecule has 0 saturated carbocycles. The lowest BCUT2D eigenvalue weighted by molar-refractivity contribution is -0.119. The van der Waals surface area contributed by atoms with Crippen molar-refractivity contribution in [2.75, 3.05) is 10.6 Å². The van der Waals surface area contributed by atoms with Crippen LogP contribution in [-0.4, -0.2) is 17.0 Å². The first-order chi connectivity index (χ1) is 11.9. The molecule has 0 aliphatic carbocycles. The summed E-state index contributed by atoms with van der Waals surface area (Å²) in [7, 11) is 0. The quantitative estimate of drug-likeness (QED) is 0.763. The van der Waals surface area contributed by atoms with Crippen LogP contribution in [0.2, 0.25) is 0 Å². The van der Waals surface area contributed by atoms with Gasteiger partial charge in [-0.05, 0) is 49.7 Å². The molecule has 3 heterocycles. The predicted molar refractivity (Wildman–Crippen MR) is 90.3 cm³/mol. The van der Waals surface area contributed by atoms with Crippen LogP contribution in [0.15, 0.2) is 51.6 Å². The molecule has 0 radical (unpaired) electrons. The summed E-state index contributed by atoms with van der Waals surface area (Å²) in [6.07, 6.45) is 1.51. The van der Waals surface area contributed by atoms with E-state index in [0.29, 0.717) is 17.2 Å². The van der Waals surface area contributed by atoms with Crippen molar-refractivity contribution in [1.82, 2.24) is 5.16 Å². The summed E-state index contributed by atoms with van der Waals surface area (Å²) in [4.78, 5) is 24.4. The molecule has 0 unspecified atom stereocenters. The first-order valence-corrected chi connectivity index (χ1v) is 7.73. The number of nitrogens with zero attached hydrogens (tertiary/aromatic N) is 1. The van der Waals surface area contributed by atoms with E-state index in [1.54, 1.807) is 30.3 Å². The van der Waals surface area contributed by atoms with Crippen molar-refractivity contribution in [2.45, 2.75) is 19.3 Å². The Kier molecular flexibility index (Phi) is 3.24. The van der Waals surface area contributed by atoms with E-state index in [0.717, 1.165) is 11.3 Å². The largest absolute Gasteiger partial charge is 0.461 e. The summed E-state index contributed by atoms with van der Waals surface area (Å²) >= 11 is 0. The topological polar surface area (TPSA) is 97.4 Å². The van der Waals surface area contributed by atoms with Crippen molar-refractivity contribution in [2.24, 2.45) is 0 Å². The van der Waals surface area contributed by atoms with Gasteiger partial charge in [0, 0.05) is 17.4 Å². The van der Waals surface area contributed by atoms with Crippen LogP contribution in [0, 0.1) is 0 Å². The maximum absolute atomic E-state index is 12.4. The summed E-state index contributed by atoms with van der Waals surface area (Å²) in [5.74, 6) is 0.401. The lowest BCUT2D eigenvalue weighted by Crippen LogP contribution is -2.26. The first kappa shape index (κ1) is 15.2. The third-order valence-corrected chi connectivity index (χ3v) is 4.27. The fourth-order valence-corrected chi connectivity index (χ4v) is 2.76. The molecule has 1 aliphatic heterocycles. The maximum Gasteiger partial charge on any atom is 0.277 e. The number of amides is 2. The van der Waals surface area contributed by atoms with Gasteiger partial charge in [-0.2, -0.15) is 0 Å². The fourth-order valence-electron chi connectivity index (χ4n) is 2.76. The van der Waals surface area contributed by atoms with Gasteiger partial charge in [-0.3, -0.25) is 9.59 Å².